The summed E-state index contributed by atoms with van der Waals surface area (Å²) in [6.07, 6.45) is 3.53. The third-order valence-electron chi connectivity index (χ3n) is 3.43. The molecule has 1 aromatic carbocycles. The summed E-state index contributed by atoms with van der Waals surface area (Å²) in [5, 5.41) is 3.76. The van der Waals surface area contributed by atoms with Crippen LogP contribution in [-0.2, 0) is 16.1 Å². The number of methoxy groups -OCH3 is 1. The van der Waals surface area contributed by atoms with Crippen LogP contribution in [0.4, 0.5) is 0 Å². The zero-order valence-electron chi connectivity index (χ0n) is 14.2. The number of hydrogen-bond donors (Lipinski definition) is 1. The van der Waals surface area contributed by atoms with Gasteiger partial charge in [-0.15, -0.1) is 0 Å². The van der Waals surface area contributed by atoms with Gasteiger partial charge in [-0.3, -0.25) is 4.79 Å². The first kappa shape index (κ1) is 17.7. The number of hydrogen-bond acceptors (Lipinski definition) is 5. The number of para-hydroxylation sites is 1. The Morgan fingerprint density at radius 1 is 1.29 bits per heavy atom. The molecule has 0 fully saturated rings. The molecule has 0 radical (unpaired) electrons. The zero-order chi connectivity index (χ0) is 17.5. The zero-order valence-corrected chi connectivity index (χ0v) is 14.2. The molecule has 0 saturated carbocycles. The second-order valence-corrected chi connectivity index (χ2v) is 5.61. The topological polar surface area (TPSA) is 71.8 Å². The summed E-state index contributed by atoms with van der Waals surface area (Å²) in [7, 11) is 5.21. The molecule has 0 unspecified atom stereocenters. The van der Waals surface area contributed by atoms with E-state index in [4.69, 9.17) is 4.42 Å². The van der Waals surface area contributed by atoms with Crippen LogP contribution in [0.25, 0.3) is 11.0 Å². The Morgan fingerprint density at radius 2 is 2.04 bits per heavy atom. The van der Waals surface area contributed by atoms with Gasteiger partial charge in [0.25, 0.3) is 5.91 Å². The van der Waals surface area contributed by atoms with E-state index in [2.05, 4.69) is 10.1 Å². The van der Waals surface area contributed by atoms with Crippen molar-refractivity contribution in [3.63, 3.8) is 0 Å². The summed E-state index contributed by atoms with van der Waals surface area (Å²) in [5.41, 5.74) is 1.57. The molecule has 6 nitrogen and oxygen atoms in total. The Morgan fingerprint density at radius 3 is 2.75 bits per heavy atom. The lowest BCUT2D eigenvalue weighted by molar-refractivity contribution is -0.134. The van der Waals surface area contributed by atoms with E-state index in [-0.39, 0.29) is 5.91 Å². The van der Waals surface area contributed by atoms with Gasteiger partial charge in [-0.25, -0.2) is 4.79 Å². The maximum atomic E-state index is 12.4. The van der Waals surface area contributed by atoms with Gasteiger partial charge in [0, 0.05) is 30.1 Å². The van der Waals surface area contributed by atoms with Crippen LogP contribution >= 0.6 is 0 Å². The van der Waals surface area contributed by atoms with Crippen LogP contribution in [0.3, 0.4) is 0 Å². The molecule has 2 aromatic rings. The molecule has 1 N–H and O–H groups in total. The van der Waals surface area contributed by atoms with Crippen molar-refractivity contribution in [2.45, 2.75) is 13.0 Å². The number of benzene rings is 1. The number of ether oxygens (including phenoxy) is 1. The van der Waals surface area contributed by atoms with E-state index in [1.807, 2.05) is 43.3 Å². The minimum atomic E-state index is -0.410. The molecule has 0 spiro atoms. The molecule has 0 aliphatic rings. The number of rotatable bonds is 7. The molecule has 0 aliphatic carbocycles. The maximum absolute atomic E-state index is 12.4. The quantitative estimate of drug-likeness (QED) is 0.479. The predicted molar refractivity (Wildman–Crippen MR) is 91.7 cm³/mol. The van der Waals surface area contributed by atoms with Crippen LogP contribution in [0.5, 0.6) is 0 Å². The van der Waals surface area contributed by atoms with Gasteiger partial charge in [-0.2, -0.15) is 0 Å². The normalized spacial score (nSPS) is 11.3. The minimum Gasteiger partial charge on any atom is -0.466 e. The number of carbonyl (C=O) groups excluding carboxylic acids is 2. The maximum Gasteiger partial charge on any atom is 0.330 e. The highest BCUT2D eigenvalue weighted by molar-refractivity contribution is 5.99. The summed E-state index contributed by atoms with van der Waals surface area (Å²) < 4.78 is 10.2. The van der Waals surface area contributed by atoms with E-state index in [9.17, 15) is 9.59 Å². The van der Waals surface area contributed by atoms with Crippen LogP contribution < -0.4 is 5.32 Å². The lowest BCUT2D eigenvalue weighted by Crippen LogP contribution is -2.25. The van der Waals surface area contributed by atoms with Gasteiger partial charge < -0.3 is 19.4 Å². The summed E-state index contributed by atoms with van der Waals surface area (Å²) in [5.74, 6) is -0.330. The second-order valence-electron chi connectivity index (χ2n) is 5.61. The average Bonchev–Trinajstić information content (AvgIpc) is 2.92. The fourth-order valence-corrected chi connectivity index (χ4v) is 2.35. The summed E-state index contributed by atoms with van der Waals surface area (Å²) in [6.45, 7) is 1.02. The predicted octanol–water partition coefficient (Wildman–Crippen LogP) is 2.34. The van der Waals surface area contributed by atoms with Crippen molar-refractivity contribution in [3.05, 3.63) is 47.7 Å². The Kier molecular flexibility index (Phi) is 6.14. The van der Waals surface area contributed by atoms with E-state index < -0.39 is 5.97 Å². The largest absolute Gasteiger partial charge is 0.466 e. The van der Waals surface area contributed by atoms with Gasteiger partial charge >= 0.3 is 5.97 Å². The molecule has 6 heteroatoms. The molecule has 1 aromatic heterocycles. The Hall–Kier alpha value is -2.60. The fraction of sp³-hybridized carbons (Fsp3) is 0.333. The Balaban J connectivity index is 2.08. The molecule has 1 heterocycles. The number of amides is 1. The highest BCUT2D eigenvalue weighted by Crippen LogP contribution is 2.26. The molecular weight excluding hydrogens is 308 g/mol. The summed E-state index contributed by atoms with van der Waals surface area (Å²) in [4.78, 5) is 25.4. The smallest absolute Gasteiger partial charge is 0.330 e. The monoisotopic (exact) mass is 330 g/mol. The Labute approximate surface area is 141 Å². The van der Waals surface area contributed by atoms with E-state index in [0.29, 0.717) is 30.9 Å². The molecule has 128 valence electrons. The highest BCUT2D eigenvalue weighted by Gasteiger charge is 2.20. The van der Waals surface area contributed by atoms with E-state index in [1.165, 1.54) is 13.2 Å². The number of fused-ring (bicyclic) bond motifs is 1. The molecule has 1 amide bonds. The molecular formula is C18H22N2O4. The summed E-state index contributed by atoms with van der Waals surface area (Å²) >= 11 is 0. The van der Waals surface area contributed by atoms with E-state index in [1.54, 1.807) is 6.08 Å². The van der Waals surface area contributed by atoms with Gasteiger partial charge in [0.2, 0.25) is 0 Å². The first-order valence-electron chi connectivity index (χ1n) is 7.70. The first-order valence-corrected chi connectivity index (χ1v) is 7.70. The van der Waals surface area contributed by atoms with Crippen molar-refractivity contribution in [2.24, 2.45) is 0 Å². The molecule has 0 atom stereocenters. The molecule has 0 aliphatic heterocycles. The first-order chi connectivity index (χ1) is 11.5. The third-order valence-corrected chi connectivity index (χ3v) is 3.43. The van der Waals surface area contributed by atoms with Gasteiger partial charge in [0.15, 0.2) is 5.76 Å². The summed E-state index contributed by atoms with van der Waals surface area (Å²) in [6, 6.07) is 7.61. The number of carbonyl (C=O) groups is 2. The lowest BCUT2D eigenvalue weighted by Gasteiger charge is -2.10. The average molecular weight is 330 g/mol. The highest BCUT2D eigenvalue weighted by atomic mass is 16.5. The van der Waals surface area contributed by atoms with Crippen molar-refractivity contribution in [3.8, 4) is 0 Å². The molecule has 0 bridgehead atoms. The number of furan rings is 1. The van der Waals surface area contributed by atoms with Crippen LogP contribution in [0.2, 0.25) is 0 Å². The standard InChI is InChI=1S/C18H22N2O4/c1-20(2)12-14-13-8-4-5-9-15(13)24-17(14)18(22)19-11-7-6-10-16(21)23-3/h4-6,8-10H,7,11-12H2,1-3H3,(H,19,22)/b10-6+. The van der Waals surface area contributed by atoms with Crippen molar-refractivity contribution >= 4 is 22.8 Å². The fourth-order valence-electron chi connectivity index (χ4n) is 2.35. The number of nitrogens with zero attached hydrogens (tertiary/aromatic N) is 1. The van der Waals surface area contributed by atoms with E-state index >= 15 is 0 Å². The second kappa shape index (κ2) is 8.31. The third kappa shape index (κ3) is 4.45. The van der Waals surface area contributed by atoms with Crippen LogP contribution in [0.15, 0.2) is 40.8 Å². The van der Waals surface area contributed by atoms with Crippen LogP contribution in [0, 0.1) is 0 Å². The number of esters is 1. The van der Waals surface area contributed by atoms with Crippen molar-refractivity contribution in [1.82, 2.24) is 10.2 Å². The van der Waals surface area contributed by atoms with Crippen LogP contribution in [0.1, 0.15) is 22.5 Å². The SMILES string of the molecule is COC(=O)/C=C/CCNC(=O)c1oc2ccccc2c1CN(C)C. The Bertz CT molecular complexity index is 747. The minimum absolute atomic E-state index is 0.255. The molecule has 24 heavy (non-hydrogen) atoms. The van der Waals surface area contributed by atoms with Crippen LogP contribution in [-0.4, -0.2) is 44.5 Å². The van der Waals surface area contributed by atoms with Crippen molar-refractivity contribution < 1.29 is 18.7 Å². The number of nitrogens with one attached hydrogen (secondary N) is 1. The van der Waals surface area contributed by atoms with Gasteiger partial charge in [0.05, 0.1) is 7.11 Å². The lowest BCUT2D eigenvalue weighted by atomic mass is 10.1. The van der Waals surface area contributed by atoms with Crippen molar-refractivity contribution in [2.75, 3.05) is 27.7 Å². The van der Waals surface area contributed by atoms with Gasteiger partial charge in [0.1, 0.15) is 5.58 Å². The van der Waals surface area contributed by atoms with Crippen molar-refractivity contribution in [1.29, 1.82) is 0 Å². The van der Waals surface area contributed by atoms with Gasteiger partial charge in [-0.1, -0.05) is 24.3 Å². The molecule has 0 saturated heterocycles. The molecule has 2 rings (SSSR count). The van der Waals surface area contributed by atoms with Gasteiger partial charge in [-0.05, 0) is 26.6 Å². The van der Waals surface area contributed by atoms with E-state index in [0.717, 1.165) is 10.9 Å².